The Morgan fingerprint density at radius 2 is 1.35 bits per heavy atom. The van der Waals surface area contributed by atoms with Crippen LogP contribution in [0.15, 0.2) is 36.4 Å². The summed E-state index contributed by atoms with van der Waals surface area (Å²) in [4.78, 5) is 0. The van der Waals surface area contributed by atoms with Crippen molar-refractivity contribution in [3.8, 4) is 11.1 Å². The van der Waals surface area contributed by atoms with Crippen molar-refractivity contribution in [2.24, 2.45) is 0 Å². The van der Waals surface area contributed by atoms with Gasteiger partial charge in [-0.15, -0.1) is 0 Å². The summed E-state index contributed by atoms with van der Waals surface area (Å²) in [5, 5.41) is 0.896. The van der Waals surface area contributed by atoms with Crippen molar-refractivity contribution >= 4 is 13.7 Å². The smallest absolute Gasteiger partial charge is 0.369 e. The van der Waals surface area contributed by atoms with Crippen LogP contribution < -0.4 is 5.19 Å². The summed E-state index contributed by atoms with van der Waals surface area (Å²) in [5.74, 6) is -3.07. The second kappa shape index (κ2) is 7.29. The highest BCUT2D eigenvalue weighted by Crippen LogP contribution is 2.25. The lowest BCUT2D eigenvalue weighted by Gasteiger charge is -2.26. The van der Waals surface area contributed by atoms with Gasteiger partial charge in [-0.25, -0.2) is 13.2 Å². The molecule has 0 saturated carbocycles. The first-order valence-corrected chi connectivity index (χ1v) is 9.76. The summed E-state index contributed by atoms with van der Waals surface area (Å²) in [6.07, 6.45) is 0. The highest BCUT2D eigenvalue weighted by atomic mass is 28.4. The highest BCUT2D eigenvalue weighted by Gasteiger charge is 2.33. The zero-order valence-corrected chi connectivity index (χ0v) is 14.3. The number of hydrogen-bond acceptors (Lipinski definition) is 2. The minimum atomic E-state index is -2.51. The Morgan fingerprint density at radius 3 is 1.87 bits per heavy atom. The van der Waals surface area contributed by atoms with Crippen LogP contribution in [0.3, 0.4) is 0 Å². The SMILES string of the molecule is CCO[Si](C)(OCC)c1ccc(-c2cc(F)c(F)cc2F)cc1. The van der Waals surface area contributed by atoms with E-state index in [4.69, 9.17) is 8.85 Å². The van der Waals surface area contributed by atoms with Crippen molar-refractivity contribution in [2.75, 3.05) is 13.2 Å². The molecule has 0 atom stereocenters. The normalized spacial score (nSPS) is 11.7. The minimum absolute atomic E-state index is 0.0200. The van der Waals surface area contributed by atoms with Crippen LogP contribution in [0.25, 0.3) is 11.1 Å². The van der Waals surface area contributed by atoms with Crippen LogP contribution in [0.1, 0.15) is 13.8 Å². The molecule has 124 valence electrons. The van der Waals surface area contributed by atoms with Gasteiger partial charge in [0.05, 0.1) is 0 Å². The third kappa shape index (κ3) is 3.83. The molecule has 2 aromatic carbocycles. The fourth-order valence-electron chi connectivity index (χ4n) is 2.46. The van der Waals surface area contributed by atoms with E-state index in [-0.39, 0.29) is 5.56 Å². The summed E-state index contributed by atoms with van der Waals surface area (Å²) in [5.41, 5.74) is 0.487. The van der Waals surface area contributed by atoms with E-state index in [0.29, 0.717) is 24.8 Å². The minimum Gasteiger partial charge on any atom is -0.391 e. The zero-order chi connectivity index (χ0) is 17.0. The van der Waals surface area contributed by atoms with Crippen LogP contribution in [0, 0.1) is 17.5 Å². The Hall–Kier alpha value is -1.63. The molecular weight excluding hydrogens is 321 g/mol. The van der Waals surface area contributed by atoms with Gasteiger partial charge in [-0.1, -0.05) is 24.3 Å². The van der Waals surface area contributed by atoms with E-state index < -0.39 is 26.0 Å². The van der Waals surface area contributed by atoms with Gasteiger partial charge in [0.15, 0.2) is 11.6 Å². The first-order chi connectivity index (χ1) is 10.9. The van der Waals surface area contributed by atoms with Gasteiger partial charge in [-0.2, -0.15) is 0 Å². The molecule has 0 unspecified atom stereocenters. The third-order valence-corrected chi connectivity index (χ3v) is 6.63. The van der Waals surface area contributed by atoms with Crippen LogP contribution in [0.5, 0.6) is 0 Å². The summed E-state index contributed by atoms with van der Waals surface area (Å²) in [6.45, 7) is 6.79. The summed E-state index contributed by atoms with van der Waals surface area (Å²) >= 11 is 0. The van der Waals surface area contributed by atoms with E-state index in [0.717, 1.165) is 11.3 Å². The van der Waals surface area contributed by atoms with Crippen molar-refractivity contribution < 1.29 is 22.0 Å². The largest absolute Gasteiger partial charge is 0.391 e. The molecule has 0 heterocycles. The topological polar surface area (TPSA) is 18.5 Å². The average Bonchev–Trinajstić information content (AvgIpc) is 2.51. The van der Waals surface area contributed by atoms with E-state index in [1.54, 1.807) is 24.3 Å². The van der Waals surface area contributed by atoms with E-state index >= 15 is 0 Å². The first-order valence-electron chi connectivity index (χ1n) is 7.44. The summed E-state index contributed by atoms with van der Waals surface area (Å²) in [6, 6.07) is 8.31. The molecule has 23 heavy (non-hydrogen) atoms. The molecular formula is C17H19F3O2Si. The maximum absolute atomic E-state index is 13.8. The fourth-order valence-corrected chi connectivity index (χ4v) is 4.75. The van der Waals surface area contributed by atoms with Crippen molar-refractivity contribution in [3.05, 3.63) is 53.8 Å². The maximum atomic E-state index is 13.8. The third-order valence-electron chi connectivity index (χ3n) is 3.57. The number of hydrogen-bond donors (Lipinski definition) is 0. The molecule has 0 N–H and O–H groups in total. The molecule has 0 aromatic heterocycles. The molecule has 2 aromatic rings. The molecule has 0 amide bonds. The van der Waals surface area contributed by atoms with E-state index in [2.05, 4.69) is 0 Å². The Kier molecular flexibility index (Phi) is 5.62. The summed E-state index contributed by atoms with van der Waals surface area (Å²) < 4.78 is 51.8. The molecule has 0 saturated heterocycles. The molecule has 0 spiro atoms. The Balaban J connectivity index is 2.37. The second-order valence-electron chi connectivity index (χ2n) is 5.14. The van der Waals surface area contributed by atoms with Gasteiger partial charge in [0.1, 0.15) is 5.82 Å². The van der Waals surface area contributed by atoms with Gasteiger partial charge in [0.25, 0.3) is 0 Å². The summed E-state index contributed by atoms with van der Waals surface area (Å²) in [7, 11) is -2.51. The molecule has 0 radical (unpaired) electrons. The van der Waals surface area contributed by atoms with Crippen LogP contribution in [-0.4, -0.2) is 21.8 Å². The van der Waals surface area contributed by atoms with Crippen molar-refractivity contribution in [1.29, 1.82) is 0 Å². The molecule has 0 bridgehead atoms. The number of rotatable bonds is 6. The van der Waals surface area contributed by atoms with Crippen LogP contribution in [0.4, 0.5) is 13.2 Å². The van der Waals surface area contributed by atoms with Gasteiger partial charge in [-0.3, -0.25) is 0 Å². The van der Waals surface area contributed by atoms with Gasteiger partial charge >= 0.3 is 8.56 Å². The van der Waals surface area contributed by atoms with E-state index in [1.807, 2.05) is 20.4 Å². The average molecular weight is 340 g/mol. The Morgan fingerprint density at radius 1 is 0.826 bits per heavy atom. The molecule has 0 aliphatic carbocycles. The molecule has 2 nitrogen and oxygen atoms in total. The lowest BCUT2D eigenvalue weighted by atomic mass is 10.1. The zero-order valence-electron chi connectivity index (χ0n) is 13.3. The molecule has 2 rings (SSSR count). The van der Waals surface area contributed by atoms with Crippen molar-refractivity contribution in [2.45, 2.75) is 20.4 Å². The molecule has 6 heteroatoms. The maximum Gasteiger partial charge on any atom is 0.369 e. The molecule has 0 fully saturated rings. The molecule has 0 aliphatic rings. The van der Waals surface area contributed by atoms with Gasteiger partial charge < -0.3 is 8.85 Å². The van der Waals surface area contributed by atoms with Crippen LogP contribution in [0.2, 0.25) is 6.55 Å². The first kappa shape index (κ1) is 17.7. The van der Waals surface area contributed by atoms with Gasteiger partial charge in [0, 0.05) is 24.8 Å². The lowest BCUT2D eigenvalue weighted by Crippen LogP contribution is -2.51. The highest BCUT2D eigenvalue weighted by molar-refractivity contribution is 6.79. The Labute approximate surface area is 135 Å². The fraction of sp³-hybridized carbons (Fsp3) is 0.294. The van der Waals surface area contributed by atoms with Gasteiger partial charge in [-0.05, 0) is 37.2 Å². The lowest BCUT2D eigenvalue weighted by molar-refractivity contribution is 0.202. The molecule has 0 aliphatic heterocycles. The number of benzene rings is 2. The predicted molar refractivity (Wildman–Crippen MR) is 86.3 cm³/mol. The van der Waals surface area contributed by atoms with Crippen LogP contribution in [-0.2, 0) is 8.85 Å². The van der Waals surface area contributed by atoms with E-state index in [9.17, 15) is 13.2 Å². The standard InChI is InChI=1S/C17H19F3O2Si/c1-4-21-23(3,22-5-2)13-8-6-12(7-9-13)14-10-16(19)17(20)11-15(14)18/h6-11H,4-5H2,1-3H3. The van der Waals surface area contributed by atoms with Gasteiger partial charge in [0.2, 0.25) is 0 Å². The predicted octanol–water partition coefficient (Wildman–Crippen LogP) is 4.12. The second-order valence-corrected chi connectivity index (χ2v) is 8.18. The Bertz CT molecular complexity index is 668. The van der Waals surface area contributed by atoms with Crippen molar-refractivity contribution in [3.63, 3.8) is 0 Å². The monoisotopic (exact) mass is 340 g/mol. The van der Waals surface area contributed by atoms with Crippen LogP contribution >= 0.6 is 0 Å². The van der Waals surface area contributed by atoms with Crippen molar-refractivity contribution in [1.82, 2.24) is 0 Å². The number of halogens is 3. The quantitative estimate of drug-likeness (QED) is 0.582. The van der Waals surface area contributed by atoms with E-state index in [1.165, 1.54) is 0 Å².